The second-order valence-corrected chi connectivity index (χ2v) is 5.49. The number of rotatable bonds is 3. The zero-order valence-corrected chi connectivity index (χ0v) is 9.83. The molecule has 3 fully saturated rings. The van der Waals surface area contributed by atoms with Gasteiger partial charge in [-0.05, 0) is 12.8 Å². The second kappa shape index (κ2) is 3.98. The lowest BCUT2D eigenvalue weighted by molar-refractivity contribution is -0.142. The molecule has 2 N–H and O–H groups in total. The van der Waals surface area contributed by atoms with Gasteiger partial charge in [0, 0.05) is 24.4 Å². The molecule has 0 aromatic rings. The first-order valence-corrected chi connectivity index (χ1v) is 6.38. The predicted octanol–water partition coefficient (Wildman–Crippen LogP) is -0.192. The number of hydrogen-bond acceptors (Lipinski definition) is 4. The van der Waals surface area contributed by atoms with Gasteiger partial charge in [-0.25, -0.2) is 0 Å². The number of carbonyl (C=O) groups is 2. The van der Waals surface area contributed by atoms with Crippen LogP contribution in [0.3, 0.4) is 0 Å². The molecular formula is C12H18N2O3. The highest BCUT2D eigenvalue weighted by atomic mass is 16.6. The van der Waals surface area contributed by atoms with E-state index in [9.17, 15) is 9.59 Å². The maximum absolute atomic E-state index is 11.7. The molecule has 0 radical (unpaired) electrons. The average molecular weight is 238 g/mol. The molecule has 94 valence electrons. The van der Waals surface area contributed by atoms with Crippen LogP contribution in [0, 0.1) is 11.3 Å². The molecule has 3 rings (SSSR count). The molecule has 5 heteroatoms. The highest BCUT2D eigenvalue weighted by molar-refractivity contribution is 5.79. The van der Waals surface area contributed by atoms with E-state index in [2.05, 4.69) is 10.6 Å². The highest BCUT2D eigenvalue weighted by Crippen LogP contribution is 2.39. The first-order chi connectivity index (χ1) is 8.20. The fourth-order valence-electron chi connectivity index (χ4n) is 2.79. The summed E-state index contributed by atoms with van der Waals surface area (Å²) in [6.07, 6.45) is 3.51. The van der Waals surface area contributed by atoms with E-state index < -0.39 is 0 Å². The Morgan fingerprint density at radius 1 is 1.47 bits per heavy atom. The third-order valence-electron chi connectivity index (χ3n) is 4.34. The Hall–Kier alpha value is -1.10. The summed E-state index contributed by atoms with van der Waals surface area (Å²) in [5.74, 6) is 0.193. The summed E-state index contributed by atoms with van der Waals surface area (Å²) in [5.41, 5.74) is -0.0516. The van der Waals surface area contributed by atoms with Crippen LogP contribution in [0.25, 0.3) is 0 Å². The van der Waals surface area contributed by atoms with Gasteiger partial charge in [0.1, 0.15) is 6.10 Å². The zero-order chi connectivity index (χ0) is 11.9. The molecule has 2 aliphatic heterocycles. The molecule has 5 nitrogen and oxygen atoms in total. The van der Waals surface area contributed by atoms with Crippen molar-refractivity contribution in [2.24, 2.45) is 11.3 Å². The largest absolute Gasteiger partial charge is 0.460 e. The van der Waals surface area contributed by atoms with E-state index in [0.29, 0.717) is 13.0 Å². The Bertz CT molecular complexity index is 348. The number of cyclic esters (lactones) is 1. The Balaban J connectivity index is 1.53. The van der Waals surface area contributed by atoms with Crippen LogP contribution in [-0.4, -0.2) is 37.6 Å². The first-order valence-electron chi connectivity index (χ1n) is 6.38. The van der Waals surface area contributed by atoms with E-state index in [1.54, 1.807) is 0 Å². The van der Waals surface area contributed by atoms with Crippen molar-refractivity contribution in [2.75, 3.05) is 19.6 Å². The van der Waals surface area contributed by atoms with Crippen molar-refractivity contribution in [2.45, 2.75) is 31.8 Å². The standard InChI is InChI=1S/C12H18N2O3/c15-10-4-12(6-13-7-12)9(17-10)5-14-11(16)8-2-1-3-8/h8-9,13H,1-7H2,(H,14,16). The predicted molar refractivity (Wildman–Crippen MR) is 60.2 cm³/mol. The van der Waals surface area contributed by atoms with Crippen LogP contribution in [0.4, 0.5) is 0 Å². The van der Waals surface area contributed by atoms with Gasteiger partial charge in [0.2, 0.25) is 5.91 Å². The minimum Gasteiger partial charge on any atom is -0.460 e. The van der Waals surface area contributed by atoms with E-state index in [1.807, 2.05) is 0 Å². The molecule has 1 unspecified atom stereocenters. The van der Waals surface area contributed by atoms with Crippen LogP contribution >= 0.6 is 0 Å². The molecule has 0 bridgehead atoms. The quantitative estimate of drug-likeness (QED) is 0.669. The lowest BCUT2D eigenvalue weighted by Gasteiger charge is -2.41. The Morgan fingerprint density at radius 3 is 2.76 bits per heavy atom. The topological polar surface area (TPSA) is 67.4 Å². The van der Waals surface area contributed by atoms with Crippen molar-refractivity contribution in [3.63, 3.8) is 0 Å². The van der Waals surface area contributed by atoms with Crippen molar-refractivity contribution in [1.82, 2.24) is 10.6 Å². The molecule has 17 heavy (non-hydrogen) atoms. The van der Waals surface area contributed by atoms with Crippen molar-refractivity contribution in [3.05, 3.63) is 0 Å². The molecule has 1 amide bonds. The van der Waals surface area contributed by atoms with Crippen molar-refractivity contribution in [3.8, 4) is 0 Å². The molecule has 3 aliphatic rings. The van der Waals surface area contributed by atoms with E-state index in [-0.39, 0.29) is 29.3 Å². The van der Waals surface area contributed by atoms with Crippen molar-refractivity contribution < 1.29 is 14.3 Å². The number of hydrogen-bond donors (Lipinski definition) is 2. The average Bonchev–Trinajstić information content (AvgIpc) is 2.49. The third kappa shape index (κ3) is 1.82. The third-order valence-corrected chi connectivity index (χ3v) is 4.34. The van der Waals surface area contributed by atoms with Crippen LogP contribution < -0.4 is 10.6 Å². The number of carbonyl (C=O) groups excluding carboxylic acids is 2. The van der Waals surface area contributed by atoms with Gasteiger partial charge in [-0.3, -0.25) is 9.59 Å². The number of ether oxygens (including phenoxy) is 1. The minimum absolute atomic E-state index is 0.0516. The first kappa shape index (κ1) is 11.0. The summed E-state index contributed by atoms with van der Waals surface area (Å²) in [5, 5.41) is 6.11. The molecular weight excluding hydrogens is 220 g/mol. The number of esters is 1. The molecule has 1 aliphatic carbocycles. The van der Waals surface area contributed by atoms with Crippen molar-refractivity contribution >= 4 is 11.9 Å². The van der Waals surface area contributed by atoms with Gasteiger partial charge in [-0.2, -0.15) is 0 Å². The van der Waals surface area contributed by atoms with Crippen molar-refractivity contribution in [1.29, 1.82) is 0 Å². The smallest absolute Gasteiger partial charge is 0.306 e. The molecule has 1 atom stereocenters. The van der Waals surface area contributed by atoms with Gasteiger partial charge in [-0.15, -0.1) is 0 Å². The maximum Gasteiger partial charge on any atom is 0.306 e. The second-order valence-electron chi connectivity index (χ2n) is 5.49. The van der Waals surface area contributed by atoms with Crippen LogP contribution in [-0.2, 0) is 14.3 Å². The van der Waals surface area contributed by atoms with E-state index >= 15 is 0 Å². The van der Waals surface area contributed by atoms with E-state index in [0.717, 1.165) is 32.4 Å². The van der Waals surface area contributed by atoms with E-state index in [4.69, 9.17) is 4.74 Å². The van der Waals surface area contributed by atoms with Gasteiger partial charge < -0.3 is 15.4 Å². The molecule has 2 saturated heterocycles. The SMILES string of the molecule is O=C1CC2(CNC2)C(CNC(=O)C2CCC2)O1. The van der Waals surface area contributed by atoms with Crippen LogP contribution in [0.15, 0.2) is 0 Å². The lowest BCUT2D eigenvalue weighted by atomic mass is 9.75. The number of nitrogens with one attached hydrogen (secondary N) is 2. The lowest BCUT2D eigenvalue weighted by Crippen LogP contribution is -2.60. The Kier molecular flexibility index (Phi) is 2.58. The summed E-state index contributed by atoms with van der Waals surface area (Å²) in [7, 11) is 0. The Morgan fingerprint density at radius 2 is 2.24 bits per heavy atom. The normalized spacial score (nSPS) is 30.6. The molecule has 1 saturated carbocycles. The summed E-state index contributed by atoms with van der Waals surface area (Å²) in [4.78, 5) is 23.1. The zero-order valence-electron chi connectivity index (χ0n) is 9.83. The molecule has 1 spiro atoms. The van der Waals surface area contributed by atoms with Crippen LogP contribution in [0.2, 0.25) is 0 Å². The summed E-state index contributed by atoms with van der Waals surface area (Å²) >= 11 is 0. The molecule has 0 aromatic carbocycles. The van der Waals surface area contributed by atoms with Gasteiger partial charge >= 0.3 is 5.97 Å². The van der Waals surface area contributed by atoms with E-state index in [1.165, 1.54) is 0 Å². The van der Waals surface area contributed by atoms with Gasteiger partial charge in [0.05, 0.1) is 13.0 Å². The van der Waals surface area contributed by atoms with Gasteiger partial charge in [0.15, 0.2) is 0 Å². The fraction of sp³-hybridized carbons (Fsp3) is 0.833. The van der Waals surface area contributed by atoms with Crippen LogP contribution in [0.5, 0.6) is 0 Å². The van der Waals surface area contributed by atoms with Gasteiger partial charge in [-0.1, -0.05) is 6.42 Å². The molecule has 2 heterocycles. The highest BCUT2D eigenvalue weighted by Gasteiger charge is 2.53. The number of amides is 1. The maximum atomic E-state index is 11.7. The fourth-order valence-corrected chi connectivity index (χ4v) is 2.79. The van der Waals surface area contributed by atoms with Crippen LogP contribution in [0.1, 0.15) is 25.7 Å². The van der Waals surface area contributed by atoms with Gasteiger partial charge in [0.25, 0.3) is 0 Å². The summed E-state index contributed by atoms with van der Waals surface area (Å²) < 4.78 is 5.31. The molecule has 0 aromatic heterocycles. The monoisotopic (exact) mass is 238 g/mol. The summed E-state index contributed by atoms with van der Waals surface area (Å²) in [6, 6.07) is 0. The summed E-state index contributed by atoms with van der Waals surface area (Å²) in [6.45, 7) is 2.12. The Labute approximate surface area is 100 Å². The minimum atomic E-state index is -0.139.